The predicted molar refractivity (Wildman–Crippen MR) is 79.1 cm³/mol. The first-order valence-corrected chi connectivity index (χ1v) is 7.24. The van der Waals surface area contributed by atoms with Crippen molar-refractivity contribution < 1.29 is 13.9 Å². The van der Waals surface area contributed by atoms with Gasteiger partial charge < -0.3 is 9.64 Å². The molecule has 0 bridgehead atoms. The third-order valence-corrected chi connectivity index (χ3v) is 4.01. The highest BCUT2D eigenvalue weighted by Crippen LogP contribution is 2.29. The van der Waals surface area contributed by atoms with E-state index >= 15 is 0 Å². The second kappa shape index (κ2) is 5.88. The number of carbonyl (C=O) groups is 1. The van der Waals surface area contributed by atoms with Gasteiger partial charge in [0.15, 0.2) is 0 Å². The monoisotopic (exact) mass is 303 g/mol. The number of aromatic nitrogens is 2. The molecule has 22 heavy (non-hydrogen) atoms. The van der Waals surface area contributed by atoms with E-state index < -0.39 is 5.82 Å². The number of aromatic amines is 1. The number of carbonyl (C=O) groups excluding carboxylic acids is 1. The fourth-order valence-corrected chi connectivity index (χ4v) is 2.93. The molecule has 1 amide bonds. The van der Waals surface area contributed by atoms with Gasteiger partial charge in [0.05, 0.1) is 30.5 Å². The quantitative estimate of drug-likeness (QED) is 0.926. The van der Waals surface area contributed by atoms with Gasteiger partial charge in [0.25, 0.3) is 5.91 Å². The van der Waals surface area contributed by atoms with E-state index in [1.165, 1.54) is 12.1 Å². The lowest BCUT2D eigenvalue weighted by atomic mass is 10.0. The van der Waals surface area contributed by atoms with Gasteiger partial charge >= 0.3 is 0 Å². The van der Waals surface area contributed by atoms with Crippen LogP contribution in [0.5, 0.6) is 0 Å². The van der Waals surface area contributed by atoms with Gasteiger partial charge in [-0.25, -0.2) is 4.39 Å². The molecule has 1 aliphatic rings. The van der Waals surface area contributed by atoms with Gasteiger partial charge in [0.1, 0.15) is 5.82 Å². The Kier molecular flexibility index (Phi) is 3.94. The summed E-state index contributed by atoms with van der Waals surface area (Å²) in [6, 6.07) is 5.81. The predicted octanol–water partition coefficient (Wildman–Crippen LogP) is 2.38. The average molecular weight is 303 g/mol. The molecule has 0 saturated carbocycles. The number of aryl methyl sites for hydroxylation is 2. The van der Waals surface area contributed by atoms with Crippen molar-refractivity contribution in [2.75, 3.05) is 19.8 Å². The molecule has 1 N–H and O–H groups in total. The van der Waals surface area contributed by atoms with E-state index in [0.29, 0.717) is 19.8 Å². The van der Waals surface area contributed by atoms with Crippen LogP contribution < -0.4 is 0 Å². The van der Waals surface area contributed by atoms with Crippen molar-refractivity contribution >= 4 is 5.91 Å². The molecule has 0 aliphatic carbocycles. The Morgan fingerprint density at radius 2 is 2.18 bits per heavy atom. The summed E-state index contributed by atoms with van der Waals surface area (Å²) in [4.78, 5) is 14.4. The average Bonchev–Trinajstić information content (AvgIpc) is 2.86. The van der Waals surface area contributed by atoms with Gasteiger partial charge in [-0.3, -0.25) is 9.89 Å². The van der Waals surface area contributed by atoms with E-state index in [-0.39, 0.29) is 17.5 Å². The number of hydrogen-bond donors (Lipinski definition) is 1. The summed E-state index contributed by atoms with van der Waals surface area (Å²) in [6.07, 6.45) is 0. The third-order valence-electron chi connectivity index (χ3n) is 4.01. The fourth-order valence-electron chi connectivity index (χ4n) is 2.93. The van der Waals surface area contributed by atoms with Crippen molar-refractivity contribution in [1.29, 1.82) is 0 Å². The summed E-state index contributed by atoms with van der Waals surface area (Å²) < 4.78 is 19.5. The van der Waals surface area contributed by atoms with Crippen molar-refractivity contribution in [1.82, 2.24) is 15.1 Å². The van der Waals surface area contributed by atoms with Crippen LogP contribution in [0.4, 0.5) is 4.39 Å². The molecule has 6 heteroatoms. The van der Waals surface area contributed by atoms with Crippen molar-refractivity contribution in [2.45, 2.75) is 19.9 Å². The van der Waals surface area contributed by atoms with Crippen molar-refractivity contribution in [2.24, 2.45) is 0 Å². The van der Waals surface area contributed by atoms with E-state index in [0.717, 1.165) is 17.0 Å². The lowest BCUT2D eigenvalue weighted by molar-refractivity contribution is -0.00325. The first-order chi connectivity index (χ1) is 10.6. The second-order valence-corrected chi connectivity index (χ2v) is 5.42. The van der Waals surface area contributed by atoms with Crippen LogP contribution >= 0.6 is 0 Å². The van der Waals surface area contributed by atoms with Gasteiger partial charge in [-0.2, -0.15) is 5.10 Å². The van der Waals surface area contributed by atoms with Gasteiger partial charge in [0, 0.05) is 17.8 Å². The minimum atomic E-state index is -0.502. The smallest absolute Gasteiger partial charge is 0.257 e. The molecule has 3 rings (SSSR count). The lowest BCUT2D eigenvalue weighted by Crippen LogP contribution is -2.44. The van der Waals surface area contributed by atoms with E-state index in [2.05, 4.69) is 10.2 Å². The van der Waals surface area contributed by atoms with Crippen molar-refractivity contribution in [3.05, 3.63) is 52.6 Å². The maximum atomic E-state index is 13.9. The molecule has 2 heterocycles. The maximum absolute atomic E-state index is 13.9. The van der Waals surface area contributed by atoms with Gasteiger partial charge in [-0.15, -0.1) is 0 Å². The zero-order valence-electron chi connectivity index (χ0n) is 12.6. The van der Waals surface area contributed by atoms with Crippen LogP contribution in [0, 0.1) is 19.7 Å². The van der Waals surface area contributed by atoms with Crippen LogP contribution in [0.15, 0.2) is 24.3 Å². The zero-order chi connectivity index (χ0) is 15.7. The SMILES string of the molecule is Cc1n[nH]c(C)c1[C@H]1COCCN1C(=O)c1ccccc1F. The first kappa shape index (κ1) is 14.7. The van der Waals surface area contributed by atoms with Crippen LogP contribution in [-0.4, -0.2) is 40.8 Å². The van der Waals surface area contributed by atoms with Gasteiger partial charge in [-0.1, -0.05) is 12.1 Å². The number of halogens is 1. The van der Waals surface area contributed by atoms with Crippen LogP contribution in [-0.2, 0) is 4.74 Å². The van der Waals surface area contributed by atoms with E-state index in [4.69, 9.17) is 4.74 Å². The molecule has 1 saturated heterocycles. The Hall–Kier alpha value is -2.21. The van der Waals surface area contributed by atoms with Crippen LogP contribution in [0.25, 0.3) is 0 Å². The molecule has 1 atom stereocenters. The lowest BCUT2D eigenvalue weighted by Gasteiger charge is -2.36. The number of rotatable bonds is 2. The van der Waals surface area contributed by atoms with Gasteiger partial charge in [-0.05, 0) is 26.0 Å². The number of hydrogen-bond acceptors (Lipinski definition) is 3. The number of benzene rings is 1. The molecule has 1 aromatic carbocycles. The Morgan fingerprint density at radius 3 is 2.86 bits per heavy atom. The standard InChI is InChI=1S/C16H18FN3O2/c1-10-15(11(2)19-18-10)14-9-22-8-7-20(14)16(21)12-5-3-4-6-13(12)17/h3-6,14H,7-9H2,1-2H3,(H,18,19)/t14-/m1/s1. The van der Waals surface area contributed by atoms with Crippen molar-refractivity contribution in [3.8, 4) is 0 Å². The Morgan fingerprint density at radius 1 is 1.41 bits per heavy atom. The number of amides is 1. The summed E-state index contributed by atoms with van der Waals surface area (Å²) in [5.74, 6) is -0.815. The zero-order valence-corrected chi connectivity index (χ0v) is 12.6. The van der Waals surface area contributed by atoms with Crippen LogP contribution in [0.1, 0.15) is 33.4 Å². The van der Waals surface area contributed by atoms with Gasteiger partial charge in [0.2, 0.25) is 0 Å². The Balaban J connectivity index is 1.97. The number of H-pyrrole nitrogens is 1. The molecule has 1 aromatic heterocycles. The third kappa shape index (κ3) is 2.50. The number of morpholine rings is 1. The minimum absolute atomic E-state index is 0.0909. The highest BCUT2D eigenvalue weighted by atomic mass is 19.1. The summed E-state index contributed by atoms with van der Waals surface area (Å²) in [5.41, 5.74) is 2.77. The molecule has 116 valence electrons. The molecule has 0 unspecified atom stereocenters. The molecular weight excluding hydrogens is 285 g/mol. The summed E-state index contributed by atoms with van der Waals surface area (Å²) in [5, 5.41) is 7.11. The van der Waals surface area contributed by atoms with Crippen LogP contribution in [0.2, 0.25) is 0 Å². The van der Waals surface area contributed by atoms with Crippen molar-refractivity contribution in [3.63, 3.8) is 0 Å². The topological polar surface area (TPSA) is 58.2 Å². The van der Waals surface area contributed by atoms with E-state index in [1.54, 1.807) is 17.0 Å². The molecule has 1 aliphatic heterocycles. The maximum Gasteiger partial charge on any atom is 0.257 e. The Bertz CT molecular complexity index is 679. The number of nitrogens with zero attached hydrogens (tertiary/aromatic N) is 2. The number of ether oxygens (including phenoxy) is 1. The van der Waals surface area contributed by atoms with E-state index in [9.17, 15) is 9.18 Å². The molecule has 0 spiro atoms. The normalized spacial score (nSPS) is 18.5. The summed E-state index contributed by atoms with van der Waals surface area (Å²) >= 11 is 0. The molecule has 1 fully saturated rings. The molecular formula is C16H18FN3O2. The molecule has 0 radical (unpaired) electrons. The highest BCUT2D eigenvalue weighted by Gasteiger charge is 2.33. The molecule has 2 aromatic rings. The fraction of sp³-hybridized carbons (Fsp3) is 0.375. The second-order valence-electron chi connectivity index (χ2n) is 5.42. The summed E-state index contributed by atoms with van der Waals surface area (Å²) in [7, 11) is 0. The highest BCUT2D eigenvalue weighted by molar-refractivity contribution is 5.94. The molecule has 5 nitrogen and oxygen atoms in total. The number of nitrogens with one attached hydrogen (secondary N) is 1. The largest absolute Gasteiger partial charge is 0.377 e. The van der Waals surface area contributed by atoms with Crippen LogP contribution in [0.3, 0.4) is 0 Å². The first-order valence-electron chi connectivity index (χ1n) is 7.24. The Labute approximate surface area is 128 Å². The summed E-state index contributed by atoms with van der Waals surface area (Å²) in [6.45, 7) is 5.07. The minimum Gasteiger partial charge on any atom is -0.377 e. The van der Waals surface area contributed by atoms with E-state index in [1.807, 2.05) is 13.8 Å².